The molecular weight excluding hydrogens is 364 g/mol. The van der Waals surface area contributed by atoms with Gasteiger partial charge in [-0.3, -0.25) is 9.69 Å². The monoisotopic (exact) mass is 394 g/mol. The largest absolute Gasteiger partial charge is 0.341 e. The van der Waals surface area contributed by atoms with Crippen LogP contribution in [-0.4, -0.2) is 46.6 Å². The molecule has 4 heteroatoms. The molecule has 2 heterocycles. The van der Waals surface area contributed by atoms with E-state index >= 15 is 0 Å². The number of rotatable bonds is 5. The first-order valence-electron chi connectivity index (χ1n) is 10.4. The molecule has 2 aliphatic heterocycles. The third kappa shape index (κ3) is 4.61. The summed E-state index contributed by atoms with van der Waals surface area (Å²) in [7, 11) is 0. The maximum atomic E-state index is 12.8. The van der Waals surface area contributed by atoms with E-state index in [1.165, 1.54) is 16.0 Å². The van der Waals surface area contributed by atoms with Gasteiger partial charge in [-0.1, -0.05) is 50.2 Å². The molecule has 1 amide bonds. The summed E-state index contributed by atoms with van der Waals surface area (Å²) < 4.78 is 0. The van der Waals surface area contributed by atoms with E-state index in [0.717, 1.165) is 44.6 Å². The van der Waals surface area contributed by atoms with Gasteiger partial charge in [0.2, 0.25) is 5.91 Å². The van der Waals surface area contributed by atoms with Crippen molar-refractivity contribution >= 4 is 17.7 Å². The molecule has 4 rings (SSSR count). The first-order chi connectivity index (χ1) is 13.6. The van der Waals surface area contributed by atoms with Gasteiger partial charge in [-0.2, -0.15) is 0 Å². The summed E-state index contributed by atoms with van der Waals surface area (Å²) in [5, 5.41) is 0.579. The van der Waals surface area contributed by atoms with Gasteiger partial charge in [0, 0.05) is 42.4 Å². The molecule has 0 bridgehead atoms. The van der Waals surface area contributed by atoms with Crippen LogP contribution in [0.1, 0.15) is 37.0 Å². The molecule has 0 aromatic heterocycles. The van der Waals surface area contributed by atoms with E-state index in [-0.39, 0.29) is 5.91 Å². The fourth-order valence-corrected chi connectivity index (χ4v) is 5.18. The van der Waals surface area contributed by atoms with Gasteiger partial charge in [0.1, 0.15) is 0 Å². The summed E-state index contributed by atoms with van der Waals surface area (Å²) in [5.41, 5.74) is 4.06. The van der Waals surface area contributed by atoms with Crippen molar-refractivity contribution in [3.8, 4) is 0 Å². The van der Waals surface area contributed by atoms with Crippen molar-refractivity contribution in [1.29, 1.82) is 0 Å². The Morgan fingerprint density at radius 3 is 2.57 bits per heavy atom. The number of carbonyl (C=O) groups is 1. The summed E-state index contributed by atoms with van der Waals surface area (Å²) in [5.74, 6) is 0.268. The lowest BCUT2D eigenvalue weighted by Crippen LogP contribution is -2.41. The molecule has 1 saturated heterocycles. The minimum Gasteiger partial charge on any atom is -0.341 e. The molecule has 2 aromatic rings. The molecule has 0 N–H and O–H groups in total. The van der Waals surface area contributed by atoms with Gasteiger partial charge in [0.25, 0.3) is 0 Å². The van der Waals surface area contributed by atoms with Gasteiger partial charge in [-0.15, -0.1) is 11.8 Å². The quantitative estimate of drug-likeness (QED) is 0.703. The SMILES string of the molecule is CC(C)Sc1ccc(CC(=O)N2CCC(N3CCc4ccccc4C3)C2)cc1. The number of fused-ring (bicyclic) bond motifs is 1. The van der Waals surface area contributed by atoms with E-state index in [9.17, 15) is 4.79 Å². The molecule has 0 radical (unpaired) electrons. The molecule has 3 nitrogen and oxygen atoms in total. The van der Waals surface area contributed by atoms with Crippen molar-refractivity contribution < 1.29 is 4.79 Å². The Kier molecular flexibility index (Phi) is 6.07. The minimum atomic E-state index is 0.268. The van der Waals surface area contributed by atoms with E-state index in [0.29, 0.717) is 17.7 Å². The zero-order valence-electron chi connectivity index (χ0n) is 16.9. The lowest BCUT2D eigenvalue weighted by atomic mass is 9.98. The van der Waals surface area contributed by atoms with Crippen LogP contribution >= 0.6 is 11.8 Å². The van der Waals surface area contributed by atoms with Crippen LogP contribution in [0.5, 0.6) is 0 Å². The van der Waals surface area contributed by atoms with Crippen LogP contribution in [0.4, 0.5) is 0 Å². The van der Waals surface area contributed by atoms with Crippen LogP contribution in [0.15, 0.2) is 53.4 Å². The van der Waals surface area contributed by atoms with E-state index in [1.807, 2.05) is 11.8 Å². The van der Waals surface area contributed by atoms with Crippen LogP contribution < -0.4 is 0 Å². The number of nitrogens with zero attached hydrogens (tertiary/aromatic N) is 2. The number of carbonyl (C=O) groups excluding carboxylic acids is 1. The molecule has 0 spiro atoms. The third-order valence-electron chi connectivity index (χ3n) is 5.84. The molecule has 2 aliphatic rings. The highest BCUT2D eigenvalue weighted by molar-refractivity contribution is 7.99. The van der Waals surface area contributed by atoms with Gasteiger partial charge in [0.15, 0.2) is 0 Å². The normalized spacial score (nSPS) is 19.8. The highest BCUT2D eigenvalue weighted by Crippen LogP contribution is 2.26. The molecule has 28 heavy (non-hydrogen) atoms. The Labute approximate surface area is 173 Å². The van der Waals surface area contributed by atoms with Gasteiger partial charge in [-0.25, -0.2) is 0 Å². The first-order valence-corrected chi connectivity index (χ1v) is 11.3. The summed E-state index contributed by atoms with van der Waals surface area (Å²) in [6.45, 7) is 8.31. The van der Waals surface area contributed by atoms with Gasteiger partial charge >= 0.3 is 0 Å². The average Bonchev–Trinajstić information content (AvgIpc) is 3.19. The van der Waals surface area contributed by atoms with E-state index < -0.39 is 0 Å². The number of likely N-dealkylation sites (tertiary alicyclic amines) is 1. The Morgan fingerprint density at radius 2 is 1.82 bits per heavy atom. The molecular formula is C24H30N2OS. The predicted octanol–water partition coefficient (Wildman–Crippen LogP) is 4.39. The second-order valence-electron chi connectivity index (χ2n) is 8.26. The molecule has 1 atom stereocenters. The number of benzene rings is 2. The number of hydrogen-bond donors (Lipinski definition) is 0. The van der Waals surface area contributed by atoms with Crippen molar-refractivity contribution in [3.05, 3.63) is 65.2 Å². The zero-order valence-corrected chi connectivity index (χ0v) is 17.8. The zero-order chi connectivity index (χ0) is 19.5. The standard InChI is InChI=1S/C24H30N2OS/c1-18(2)28-23-9-7-19(8-10-23)15-24(27)26-14-12-22(17-26)25-13-11-20-5-3-4-6-21(20)16-25/h3-10,18,22H,11-17H2,1-2H3. The number of thioether (sulfide) groups is 1. The fraction of sp³-hybridized carbons (Fsp3) is 0.458. The number of hydrogen-bond acceptors (Lipinski definition) is 3. The van der Waals surface area contributed by atoms with Crippen LogP contribution in [-0.2, 0) is 24.2 Å². The summed E-state index contributed by atoms with van der Waals surface area (Å²) in [6.07, 6.45) is 2.74. The van der Waals surface area contributed by atoms with Crippen molar-refractivity contribution in [2.45, 2.75) is 55.8 Å². The minimum absolute atomic E-state index is 0.268. The van der Waals surface area contributed by atoms with E-state index in [2.05, 4.69) is 72.2 Å². The lowest BCUT2D eigenvalue weighted by Gasteiger charge is -2.33. The molecule has 0 aliphatic carbocycles. The Hall–Kier alpha value is -1.78. The van der Waals surface area contributed by atoms with Gasteiger partial charge < -0.3 is 4.90 Å². The van der Waals surface area contributed by atoms with E-state index in [1.54, 1.807) is 0 Å². The summed E-state index contributed by atoms with van der Waals surface area (Å²) in [6, 6.07) is 17.8. The highest BCUT2D eigenvalue weighted by atomic mass is 32.2. The molecule has 1 unspecified atom stereocenters. The molecule has 148 valence electrons. The fourth-order valence-electron chi connectivity index (χ4n) is 4.34. The smallest absolute Gasteiger partial charge is 0.227 e. The Balaban J connectivity index is 1.31. The Bertz CT molecular complexity index is 818. The summed E-state index contributed by atoms with van der Waals surface area (Å²) in [4.78, 5) is 18.7. The van der Waals surface area contributed by atoms with Crippen molar-refractivity contribution in [1.82, 2.24) is 9.80 Å². The maximum Gasteiger partial charge on any atom is 0.227 e. The third-order valence-corrected chi connectivity index (χ3v) is 6.86. The first kappa shape index (κ1) is 19.5. The van der Waals surface area contributed by atoms with Crippen LogP contribution in [0.25, 0.3) is 0 Å². The predicted molar refractivity (Wildman–Crippen MR) is 117 cm³/mol. The van der Waals surface area contributed by atoms with Gasteiger partial charge in [0.05, 0.1) is 6.42 Å². The lowest BCUT2D eigenvalue weighted by molar-refractivity contribution is -0.129. The summed E-state index contributed by atoms with van der Waals surface area (Å²) >= 11 is 1.86. The molecule has 0 saturated carbocycles. The molecule has 1 fully saturated rings. The van der Waals surface area contributed by atoms with Gasteiger partial charge in [-0.05, 0) is 41.7 Å². The van der Waals surface area contributed by atoms with Crippen molar-refractivity contribution in [2.24, 2.45) is 0 Å². The van der Waals surface area contributed by atoms with E-state index in [4.69, 9.17) is 0 Å². The maximum absolute atomic E-state index is 12.8. The van der Waals surface area contributed by atoms with Crippen LogP contribution in [0.2, 0.25) is 0 Å². The molecule has 2 aromatic carbocycles. The van der Waals surface area contributed by atoms with Crippen molar-refractivity contribution in [2.75, 3.05) is 19.6 Å². The second kappa shape index (κ2) is 8.71. The topological polar surface area (TPSA) is 23.6 Å². The second-order valence-corrected chi connectivity index (χ2v) is 9.91. The Morgan fingerprint density at radius 1 is 1.07 bits per heavy atom. The van der Waals surface area contributed by atoms with Crippen LogP contribution in [0.3, 0.4) is 0 Å². The highest BCUT2D eigenvalue weighted by Gasteiger charge is 2.31. The van der Waals surface area contributed by atoms with Crippen LogP contribution in [0, 0.1) is 0 Å². The average molecular weight is 395 g/mol. The van der Waals surface area contributed by atoms with Crippen molar-refractivity contribution in [3.63, 3.8) is 0 Å². The number of amides is 1.